The van der Waals surface area contributed by atoms with Crippen LogP contribution in [0.1, 0.15) is 0 Å². The Balaban J connectivity index is 1.42. The smallest absolute Gasteiger partial charge is 0.146 e. The number of imidazole rings is 1. The molecule has 9 rings (SSSR count). The van der Waals surface area contributed by atoms with Crippen molar-refractivity contribution >= 4 is 70.7 Å². The maximum Gasteiger partial charge on any atom is 0.146 e. The molecule has 0 aliphatic rings. The Bertz CT molecular complexity index is 2340. The van der Waals surface area contributed by atoms with E-state index in [4.69, 9.17) is 4.98 Å². The molecule has 0 fully saturated rings. The Morgan fingerprint density at radius 2 is 1.19 bits per heavy atom. The lowest BCUT2D eigenvalue weighted by Crippen LogP contribution is -1.92. The second-order valence-corrected chi connectivity index (χ2v) is 10.0. The van der Waals surface area contributed by atoms with Gasteiger partial charge < -0.3 is 0 Å². The van der Waals surface area contributed by atoms with Crippen molar-refractivity contribution in [3.8, 4) is 11.1 Å². The first-order chi connectivity index (χ1) is 18.3. The monoisotopic (exact) mass is 468 g/mol. The predicted octanol–water partition coefficient (Wildman–Crippen LogP) is 9.36. The van der Waals surface area contributed by atoms with Gasteiger partial charge in [0.25, 0.3) is 0 Å². The minimum absolute atomic E-state index is 1.01. The van der Waals surface area contributed by atoms with Gasteiger partial charge in [-0.1, -0.05) is 97.1 Å². The molecule has 0 radical (unpaired) electrons. The van der Waals surface area contributed by atoms with Crippen LogP contribution in [0.5, 0.6) is 0 Å². The Morgan fingerprint density at radius 3 is 2.08 bits per heavy atom. The van der Waals surface area contributed by atoms with Crippen LogP contribution in [-0.2, 0) is 0 Å². The van der Waals surface area contributed by atoms with E-state index in [0.29, 0.717) is 0 Å². The van der Waals surface area contributed by atoms with E-state index in [2.05, 4.69) is 126 Å². The van der Waals surface area contributed by atoms with Crippen molar-refractivity contribution in [2.75, 3.05) is 0 Å². The molecule has 9 aromatic rings. The summed E-state index contributed by atoms with van der Waals surface area (Å²) in [6.45, 7) is 0. The van der Waals surface area contributed by atoms with Crippen molar-refractivity contribution in [1.82, 2.24) is 9.38 Å². The molecule has 0 aliphatic carbocycles. The maximum absolute atomic E-state index is 5.02. The molecule has 0 saturated carbocycles. The molecule has 0 atom stereocenters. The molecule has 2 nitrogen and oxygen atoms in total. The maximum atomic E-state index is 5.02. The van der Waals surface area contributed by atoms with Gasteiger partial charge in [-0.2, -0.15) is 0 Å². The summed E-state index contributed by atoms with van der Waals surface area (Å²) >= 11 is 0. The van der Waals surface area contributed by atoms with Crippen LogP contribution in [0.4, 0.5) is 0 Å². The van der Waals surface area contributed by atoms with Crippen molar-refractivity contribution in [3.05, 3.63) is 121 Å². The first kappa shape index (κ1) is 19.3. The standard InChI is InChI=1S/C35H20N2/c1-2-9-28-26(8-1)29-20-24(16-19-31(29)37-32-11-4-3-10-30(32)36-35(28)37)25-17-14-23-13-12-21-6-5-7-22-15-18-27(25)34(23)33(21)22/h1-20H. The van der Waals surface area contributed by atoms with Crippen LogP contribution in [0, 0.1) is 0 Å². The van der Waals surface area contributed by atoms with Crippen LogP contribution >= 0.6 is 0 Å². The Morgan fingerprint density at radius 1 is 0.459 bits per heavy atom. The summed E-state index contributed by atoms with van der Waals surface area (Å²) in [5.41, 5.74) is 6.87. The van der Waals surface area contributed by atoms with E-state index in [1.807, 2.05) is 0 Å². The van der Waals surface area contributed by atoms with Gasteiger partial charge in [-0.15, -0.1) is 0 Å². The second-order valence-electron chi connectivity index (χ2n) is 10.0. The third-order valence-corrected chi connectivity index (χ3v) is 8.10. The zero-order valence-electron chi connectivity index (χ0n) is 19.9. The lowest BCUT2D eigenvalue weighted by Gasteiger charge is -2.15. The highest BCUT2D eigenvalue weighted by Crippen LogP contribution is 2.41. The van der Waals surface area contributed by atoms with Crippen molar-refractivity contribution in [2.45, 2.75) is 0 Å². The molecule has 0 aliphatic heterocycles. The van der Waals surface area contributed by atoms with Crippen LogP contribution in [0.25, 0.3) is 81.8 Å². The van der Waals surface area contributed by atoms with Crippen LogP contribution in [0.15, 0.2) is 121 Å². The molecule has 0 saturated heterocycles. The van der Waals surface area contributed by atoms with Crippen molar-refractivity contribution in [1.29, 1.82) is 0 Å². The average Bonchev–Trinajstić information content (AvgIpc) is 3.36. The number of hydrogen-bond donors (Lipinski definition) is 0. The topological polar surface area (TPSA) is 17.3 Å². The fourth-order valence-corrected chi connectivity index (χ4v) is 6.46. The zero-order valence-corrected chi connectivity index (χ0v) is 19.9. The molecule has 0 N–H and O–H groups in total. The minimum atomic E-state index is 1.01. The van der Waals surface area contributed by atoms with E-state index in [-0.39, 0.29) is 0 Å². The third-order valence-electron chi connectivity index (χ3n) is 8.10. The van der Waals surface area contributed by atoms with Gasteiger partial charge in [0.1, 0.15) is 5.65 Å². The van der Waals surface area contributed by atoms with E-state index >= 15 is 0 Å². The zero-order chi connectivity index (χ0) is 24.1. The Kier molecular flexibility index (Phi) is 3.56. The molecule has 7 aromatic carbocycles. The van der Waals surface area contributed by atoms with Gasteiger partial charge in [-0.05, 0) is 73.1 Å². The number of fused-ring (bicyclic) bond motifs is 8. The van der Waals surface area contributed by atoms with Gasteiger partial charge >= 0.3 is 0 Å². The molecule has 2 heteroatoms. The van der Waals surface area contributed by atoms with Gasteiger partial charge in [0.15, 0.2) is 0 Å². The summed E-state index contributed by atoms with van der Waals surface area (Å²) in [5, 5.41) is 11.6. The number of benzene rings is 7. The molecular weight excluding hydrogens is 448 g/mol. The van der Waals surface area contributed by atoms with E-state index in [0.717, 1.165) is 16.7 Å². The van der Waals surface area contributed by atoms with Crippen molar-refractivity contribution < 1.29 is 0 Å². The van der Waals surface area contributed by atoms with Gasteiger partial charge in [-0.3, -0.25) is 4.40 Å². The summed E-state index contributed by atoms with van der Waals surface area (Å²) in [4.78, 5) is 5.02. The highest BCUT2D eigenvalue weighted by molar-refractivity contribution is 6.25. The molecular formula is C35H20N2. The Hall–Kier alpha value is -4.95. The summed E-state index contributed by atoms with van der Waals surface area (Å²) < 4.78 is 2.32. The fraction of sp³-hybridized carbons (Fsp3) is 0. The number of hydrogen-bond acceptors (Lipinski definition) is 1. The molecule has 2 heterocycles. The van der Waals surface area contributed by atoms with Gasteiger partial charge in [-0.25, -0.2) is 4.98 Å². The van der Waals surface area contributed by atoms with Gasteiger partial charge in [0, 0.05) is 10.8 Å². The summed E-state index contributed by atoms with van der Waals surface area (Å²) in [6, 6.07) is 44.2. The molecule has 170 valence electrons. The minimum Gasteiger partial charge on any atom is -0.292 e. The summed E-state index contributed by atoms with van der Waals surface area (Å²) in [7, 11) is 0. The number of pyridine rings is 1. The molecule has 0 bridgehead atoms. The Labute approximate surface area is 212 Å². The number of aromatic nitrogens is 2. The number of nitrogens with zero attached hydrogens (tertiary/aromatic N) is 2. The van der Waals surface area contributed by atoms with E-state index in [1.54, 1.807) is 0 Å². The summed E-state index contributed by atoms with van der Waals surface area (Å²) in [6.07, 6.45) is 0. The largest absolute Gasteiger partial charge is 0.292 e. The molecule has 37 heavy (non-hydrogen) atoms. The van der Waals surface area contributed by atoms with E-state index < -0.39 is 0 Å². The SMILES string of the molecule is c1cc2ccc3ccc(-c4ccc5c(c4)c4ccccc4c4nc6ccccc6n54)c4ccc(c1)c2c34. The van der Waals surface area contributed by atoms with Crippen LogP contribution in [0.3, 0.4) is 0 Å². The van der Waals surface area contributed by atoms with Crippen LogP contribution in [0.2, 0.25) is 0 Å². The van der Waals surface area contributed by atoms with E-state index in [9.17, 15) is 0 Å². The highest BCUT2D eigenvalue weighted by atomic mass is 15.0. The lowest BCUT2D eigenvalue weighted by atomic mass is 9.89. The molecule has 0 unspecified atom stereocenters. The van der Waals surface area contributed by atoms with Crippen LogP contribution < -0.4 is 0 Å². The third kappa shape index (κ3) is 2.47. The number of para-hydroxylation sites is 2. The highest BCUT2D eigenvalue weighted by Gasteiger charge is 2.16. The summed E-state index contributed by atoms with van der Waals surface area (Å²) in [5.74, 6) is 0. The molecule has 2 aromatic heterocycles. The normalized spacial score (nSPS) is 12.3. The first-order valence-electron chi connectivity index (χ1n) is 12.7. The molecule has 0 spiro atoms. The van der Waals surface area contributed by atoms with E-state index in [1.165, 1.54) is 65.1 Å². The van der Waals surface area contributed by atoms with Gasteiger partial charge in [0.05, 0.1) is 16.6 Å². The van der Waals surface area contributed by atoms with Crippen molar-refractivity contribution in [3.63, 3.8) is 0 Å². The average molecular weight is 469 g/mol. The molecule has 0 amide bonds. The van der Waals surface area contributed by atoms with Crippen LogP contribution in [-0.4, -0.2) is 9.38 Å². The number of rotatable bonds is 1. The lowest BCUT2D eigenvalue weighted by molar-refractivity contribution is 1.31. The first-order valence-corrected chi connectivity index (χ1v) is 12.7. The van der Waals surface area contributed by atoms with Crippen molar-refractivity contribution in [2.24, 2.45) is 0 Å². The second kappa shape index (κ2) is 6.83. The fourth-order valence-electron chi connectivity index (χ4n) is 6.46. The quantitative estimate of drug-likeness (QED) is 0.219. The van der Waals surface area contributed by atoms with Gasteiger partial charge in [0.2, 0.25) is 0 Å². The predicted molar refractivity (Wildman–Crippen MR) is 157 cm³/mol.